The maximum Gasteiger partial charge on any atom is 0.416 e. The average Bonchev–Trinajstić information content (AvgIpc) is 2.85. The molecule has 0 aliphatic heterocycles. The number of hydrogen-bond acceptors (Lipinski definition) is 1. The number of hydrogen-bond donors (Lipinski definition) is 1. The van der Waals surface area contributed by atoms with Crippen molar-refractivity contribution in [1.82, 2.24) is 0 Å². The molecule has 1 fully saturated rings. The van der Waals surface area contributed by atoms with Crippen molar-refractivity contribution in [3.63, 3.8) is 0 Å². The van der Waals surface area contributed by atoms with Crippen molar-refractivity contribution < 1.29 is 13.2 Å². The van der Waals surface area contributed by atoms with E-state index in [4.69, 9.17) is 5.73 Å². The van der Waals surface area contributed by atoms with Crippen LogP contribution in [0.3, 0.4) is 0 Å². The van der Waals surface area contributed by atoms with Crippen LogP contribution in [-0.4, -0.2) is 0 Å². The van der Waals surface area contributed by atoms with Gasteiger partial charge in [-0.25, -0.2) is 0 Å². The molecular weight excluding hydrogens is 251 g/mol. The SMILES string of the molecule is CCC1CCC(C(N)c2ccccc2C(F)(F)F)C1. The van der Waals surface area contributed by atoms with Gasteiger partial charge in [0.2, 0.25) is 0 Å². The first kappa shape index (κ1) is 14.4. The first-order valence-corrected chi connectivity index (χ1v) is 6.85. The minimum absolute atomic E-state index is 0.174. The maximum atomic E-state index is 13.0. The molecule has 106 valence electrons. The quantitative estimate of drug-likeness (QED) is 0.858. The molecule has 0 radical (unpaired) electrons. The Morgan fingerprint density at radius 1 is 1.26 bits per heavy atom. The second-order valence-corrected chi connectivity index (χ2v) is 5.46. The number of nitrogens with two attached hydrogens (primary N) is 1. The van der Waals surface area contributed by atoms with Gasteiger partial charge in [0.05, 0.1) is 5.56 Å². The molecule has 0 spiro atoms. The van der Waals surface area contributed by atoms with E-state index in [0.29, 0.717) is 5.92 Å². The van der Waals surface area contributed by atoms with Gasteiger partial charge in [0.25, 0.3) is 0 Å². The summed E-state index contributed by atoms with van der Waals surface area (Å²) in [6.07, 6.45) is -0.264. The van der Waals surface area contributed by atoms with E-state index in [9.17, 15) is 13.2 Å². The Bertz CT molecular complexity index is 428. The molecular formula is C15H20F3N. The molecule has 3 atom stereocenters. The van der Waals surface area contributed by atoms with Gasteiger partial charge in [0.1, 0.15) is 0 Å². The summed E-state index contributed by atoms with van der Waals surface area (Å²) in [4.78, 5) is 0. The van der Waals surface area contributed by atoms with Crippen molar-refractivity contribution in [2.24, 2.45) is 17.6 Å². The lowest BCUT2D eigenvalue weighted by Crippen LogP contribution is -2.23. The van der Waals surface area contributed by atoms with Crippen LogP contribution in [0.4, 0.5) is 13.2 Å². The molecule has 2 N–H and O–H groups in total. The van der Waals surface area contributed by atoms with Crippen LogP contribution in [0.2, 0.25) is 0 Å². The average molecular weight is 271 g/mol. The van der Waals surface area contributed by atoms with Gasteiger partial charge < -0.3 is 5.73 Å². The van der Waals surface area contributed by atoms with Crippen LogP contribution in [0, 0.1) is 11.8 Å². The van der Waals surface area contributed by atoms with E-state index >= 15 is 0 Å². The van der Waals surface area contributed by atoms with Gasteiger partial charge in [-0.1, -0.05) is 38.0 Å². The molecule has 1 aromatic carbocycles. The minimum Gasteiger partial charge on any atom is -0.324 e. The summed E-state index contributed by atoms with van der Waals surface area (Å²) < 4.78 is 38.9. The fourth-order valence-electron chi connectivity index (χ4n) is 3.11. The Morgan fingerprint density at radius 2 is 1.95 bits per heavy atom. The molecule has 1 nitrogen and oxygen atoms in total. The predicted octanol–water partition coefficient (Wildman–Crippen LogP) is 4.53. The molecule has 0 amide bonds. The van der Waals surface area contributed by atoms with Crippen LogP contribution in [0.15, 0.2) is 24.3 Å². The van der Waals surface area contributed by atoms with E-state index in [1.807, 2.05) is 0 Å². The number of alkyl halides is 3. The third-order valence-electron chi connectivity index (χ3n) is 4.29. The lowest BCUT2D eigenvalue weighted by Gasteiger charge is -2.23. The molecule has 0 bridgehead atoms. The summed E-state index contributed by atoms with van der Waals surface area (Å²) in [6.45, 7) is 2.13. The second-order valence-electron chi connectivity index (χ2n) is 5.46. The van der Waals surface area contributed by atoms with Crippen molar-refractivity contribution in [1.29, 1.82) is 0 Å². The van der Waals surface area contributed by atoms with Crippen molar-refractivity contribution in [3.05, 3.63) is 35.4 Å². The fraction of sp³-hybridized carbons (Fsp3) is 0.600. The zero-order chi connectivity index (χ0) is 14.0. The van der Waals surface area contributed by atoms with Gasteiger partial charge in [0, 0.05) is 6.04 Å². The molecule has 19 heavy (non-hydrogen) atoms. The highest BCUT2D eigenvalue weighted by Crippen LogP contribution is 2.42. The molecule has 1 aliphatic carbocycles. The molecule has 0 heterocycles. The van der Waals surface area contributed by atoms with Crippen LogP contribution in [-0.2, 0) is 6.18 Å². The standard InChI is InChI=1S/C15H20F3N/c1-2-10-7-8-11(9-10)14(19)12-5-3-4-6-13(12)15(16,17)18/h3-6,10-11,14H,2,7-9,19H2,1H3. The van der Waals surface area contributed by atoms with Crippen molar-refractivity contribution in [2.75, 3.05) is 0 Å². The monoisotopic (exact) mass is 271 g/mol. The van der Waals surface area contributed by atoms with E-state index in [-0.39, 0.29) is 11.5 Å². The van der Waals surface area contributed by atoms with Crippen molar-refractivity contribution in [2.45, 2.75) is 44.8 Å². The normalized spacial score (nSPS) is 25.5. The second kappa shape index (κ2) is 5.53. The van der Waals surface area contributed by atoms with Crippen LogP contribution >= 0.6 is 0 Å². The number of rotatable bonds is 3. The lowest BCUT2D eigenvalue weighted by atomic mass is 9.88. The summed E-state index contributed by atoms with van der Waals surface area (Å²) in [5, 5.41) is 0. The number of benzene rings is 1. The third-order valence-corrected chi connectivity index (χ3v) is 4.29. The van der Waals surface area contributed by atoms with Gasteiger partial charge in [-0.05, 0) is 36.3 Å². The Morgan fingerprint density at radius 3 is 2.53 bits per heavy atom. The van der Waals surface area contributed by atoms with Gasteiger partial charge in [-0.3, -0.25) is 0 Å². The summed E-state index contributed by atoms with van der Waals surface area (Å²) in [5.41, 5.74) is 5.78. The lowest BCUT2D eigenvalue weighted by molar-refractivity contribution is -0.138. The Kier molecular flexibility index (Phi) is 4.19. The van der Waals surface area contributed by atoms with E-state index in [0.717, 1.165) is 31.7 Å². The van der Waals surface area contributed by atoms with Gasteiger partial charge in [-0.15, -0.1) is 0 Å². The van der Waals surface area contributed by atoms with Crippen LogP contribution in [0.25, 0.3) is 0 Å². The Labute approximate surface area is 112 Å². The maximum absolute atomic E-state index is 13.0. The summed E-state index contributed by atoms with van der Waals surface area (Å²) in [7, 11) is 0. The first-order chi connectivity index (χ1) is 8.93. The zero-order valence-corrected chi connectivity index (χ0v) is 11.1. The smallest absolute Gasteiger partial charge is 0.324 e. The molecule has 0 saturated heterocycles. The van der Waals surface area contributed by atoms with Gasteiger partial charge in [0.15, 0.2) is 0 Å². The zero-order valence-electron chi connectivity index (χ0n) is 11.1. The highest BCUT2D eigenvalue weighted by Gasteiger charge is 2.37. The summed E-state index contributed by atoms with van der Waals surface area (Å²) in [5.74, 6) is 0.794. The molecule has 3 unspecified atom stereocenters. The highest BCUT2D eigenvalue weighted by molar-refractivity contribution is 5.32. The fourth-order valence-corrected chi connectivity index (χ4v) is 3.11. The van der Waals surface area contributed by atoms with Crippen LogP contribution in [0.1, 0.15) is 49.8 Å². The molecule has 4 heteroatoms. The topological polar surface area (TPSA) is 26.0 Å². The summed E-state index contributed by atoms with van der Waals surface area (Å²) >= 11 is 0. The Balaban J connectivity index is 2.22. The first-order valence-electron chi connectivity index (χ1n) is 6.85. The minimum atomic E-state index is -4.32. The van der Waals surface area contributed by atoms with E-state index in [1.165, 1.54) is 12.1 Å². The van der Waals surface area contributed by atoms with Crippen molar-refractivity contribution in [3.8, 4) is 0 Å². The predicted molar refractivity (Wildman–Crippen MR) is 69.5 cm³/mol. The van der Waals surface area contributed by atoms with E-state index in [2.05, 4.69) is 6.92 Å². The third kappa shape index (κ3) is 3.11. The molecule has 1 saturated carbocycles. The molecule has 1 aromatic rings. The van der Waals surface area contributed by atoms with Crippen molar-refractivity contribution >= 4 is 0 Å². The van der Waals surface area contributed by atoms with E-state index in [1.54, 1.807) is 6.07 Å². The van der Waals surface area contributed by atoms with Gasteiger partial charge >= 0.3 is 6.18 Å². The summed E-state index contributed by atoms with van der Waals surface area (Å²) in [6, 6.07) is 5.20. The molecule has 0 aromatic heterocycles. The molecule has 2 rings (SSSR count). The van der Waals surface area contributed by atoms with Gasteiger partial charge in [-0.2, -0.15) is 13.2 Å². The van der Waals surface area contributed by atoms with Crippen LogP contribution in [0.5, 0.6) is 0 Å². The highest BCUT2D eigenvalue weighted by atomic mass is 19.4. The van der Waals surface area contributed by atoms with E-state index < -0.39 is 17.8 Å². The Hall–Kier alpha value is -1.03. The number of halogens is 3. The largest absolute Gasteiger partial charge is 0.416 e. The van der Waals surface area contributed by atoms with Crippen LogP contribution < -0.4 is 5.73 Å². The molecule has 1 aliphatic rings.